The van der Waals surface area contributed by atoms with Crippen molar-refractivity contribution < 1.29 is 4.74 Å². The van der Waals surface area contributed by atoms with Gasteiger partial charge in [-0.05, 0) is 47.6 Å². The molecule has 0 heterocycles. The topological polar surface area (TPSA) is 9.23 Å². The van der Waals surface area contributed by atoms with Crippen LogP contribution in [0.5, 0.6) is 5.75 Å². The Morgan fingerprint density at radius 3 is 2.18 bits per heavy atom. The third kappa shape index (κ3) is 1.67. The average Bonchev–Trinajstić information content (AvgIpc) is 1.99. The summed E-state index contributed by atoms with van der Waals surface area (Å²) in [4.78, 5) is 0. The predicted octanol–water partition coefficient (Wildman–Crippen LogP) is 2.92. The second-order valence-corrected chi connectivity index (χ2v) is 3.63. The number of rotatable bonds is 1. The summed E-state index contributed by atoms with van der Waals surface area (Å²) >= 11 is 2.31. The minimum absolute atomic E-state index is 1.01. The second-order valence-electron chi connectivity index (χ2n) is 2.55. The Morgan fingerprint density at radius 1 is 1.18 bits per heavy atom. The first-order valence-electron chi connectivity index (χ1n) is 3.46. The summed E-state index contributed by atoms with van der Waals surface area (Å²) in [6.45, 7) is 4.14. The van der Waals surface area contributed by atoms with Gasteiger partial charge in [-0.25, -0.2) is 0 Å². The van der Waals surface area contributed by atoms with Gasteiger partial charge in [0, 0.05) is 0 Å². The van der Waals surface area contributed by atoms with Crippen molar-refractivity contribution >= 4 is 22.6 Å². The quantitative estimate of drug-likeness (QED) is 0.707. The fraction of sp³-hybridized carbons (Fsp3) is 0.333. The zero-order chi connectivity index (χ0) is 8.43. The number of benzene rings is 1. The van der Waals surface area contributed by atoms with E-state index in [1.165, 1.54) is 14.7 Å². The summed E-state index contributed by atoms with van der Waals surface area (Å²) in [5, 5.41) is 0. The lowest BCUT2D eigenvalue weighted by Gasteiger charge is -2.08. The summed E-state index contributed by atoms with van der Waals surface area (Å²) in [6.07, 6.45) is 0. The highest BCUT2D eigenvalue weighted by Gasteiger charge is 2.04. The molecule has 2 heteroatoms. The minimum atomic E-state index is 1.01. The third-order valence-electron chi connectivity index (χ3n) is 1.69. The van der Waals surface area contributed by atoms with E-state index < -0.39 is 0 Å². The summed E-state index contributed by atoms with van der Waals surface area (Å²) in [7, 11) is 1.71. The molecule has 0 aliphatic rings. The molecule has 0 saturated heterocycles. The number of halogens is 1. The average molecular weight is 262 g/mol. The van der Waals surface area contributed by atoms with Crippen LogP contribution in [0.2, 0.25) is 0 Å². The van der Waals surface area contributed by atoms with E-state index in [0.717, 1.165) is 5.75 Å². The van der Waals surface area contributed by atoms with E-state index in [0.29, 0.717) is 0 Å². The Labute approximate surface area is 80.9 Å². The SMILES string of the molecule is COc1c(C)ccc(C)c1I. The molecular formula is C9H11IO. The monoisotopic (exact) mass is 262 g/mol. The fourth-order valence-corrected chi connectivity index (χ4v) is 1.83. The van der Waals surface area contributed by atoms with Crippen LogP contribution in [0.15, 0.2) is 12.1 Å². The first kappa shape index (κ1) is 8.84. The predicted molar refractivity (Wildman–Crippen MR) is 55.2 cm³/mol. The number of ether oxygens (including phenoxy) is 1. The van der Waals surface area contributed by atoms with Crippen LogP contribution in [0.4, 0.5) is 0 Å². The molecule has 0 saturated carbocycles. The Bertz CT molecular complexity index is 269. The molecule has 0 aliphatic carbocycles. The molecule has 0 aromatic heterocycles. The molecule has 1 aromatic rings. The van der Waals surface area contributed by atoms with Crippen LogP contribution in [0.3, 0.4) is 0 Å². The van der Waals surface area contributed by atoms with Crippen LogP contribution in [0.25, 0.3) is 0 Å². The molecule has 0 spiro atoms. The third-order valence-corrected chi connectivity index (χ3v) is 3.03. The number of methoxy groups -OCH3 is 1. The normalized spacial score (nSPS) is 9.82. The van der Waals surface area contributed by atoms with Gasteiger partial charge in [-0.1, -0.05) is 12.1 Å². The van der Waals surface area contributed by atoms with Gasteiger partial charge in [0.15, 0.2) is 0 Å². The molecular weight excluding hydrogens is 251 g/mol. The Morgan fingerprint density at radius 2 is 1.73 bits per heavy atom. The molecule has 1 aromatic carbocycles. The molecule has 0 atom stereocenters. The van der Waals surface area contributed by atoms with Crippen LogP contribution in [0.1, 0.15) is 11.1 Å². The van der Waals surface area contributed by atoms with Crippen molar-refractivity contribution in [3.8, 4) is 5.75 Å². The van der Waals surface area contributed by atoms with E-state index in [-0.39, 0.29) is 0 Å². The van der Waals surface area contributed by atoms with E-state index >= 15 is 0 Å². The van der Waals surface area contributed by atoms with Gasteiger partial charge in [0.05, 0.1) is 10.7 Å². The standard InChI is InChI=1S/C9H11IO/c1-6-4-5-7(2)9(11-3)8(6)10/h4-5H,1-3H3. The van der Waals surface area contributed by atoms with Crippen molar-refractivity contribution in [2.75, 3.05) is 7.11 Å². The number of hydrogen-bond acceptors (Lipinski definition) is 1. The highest BCUT2D eigenvalue weighted by Crippen LogP contribution is 2.27. The molecule has 1 rings (SSSR count). The zero-order valence-electron chi connectivity index (χ0n) is 6.94. The van der Waals surface area contributed by atoms with Gasteiger partial charge >= 0.3 is 0 Å². The Balaban J connectivity index is 3.29. The van der Waals surface area contributed by atoms with Gasteiger partial charge in [0.25, 0.3) is 0 Å². The van der Waals surface area contributed by atoms with E-state index in [4.69, 9.17) is 4.74 Å². The van der Waals surface area contributed by atoms with Crippen molar-refractivity contribution in [3.63, 3.8) is 0 Å². The summed E-state index contributed by atoms with van der Waals surface area (Å²) in [5.41, 5.74) is 2.47. The summed E-state index contributed by atoms with van der Waals surface area (Å²) in [5.74, 6) is 1.01. The highest BCUT2D eigenvalue weighted by atomic mass is 127. The molecule has 0 amide bonds. The van der Waals surface area contributed by atoms with Crippen LogP contribution in [0, 0.1) is 17.4 Å². The number of aryl methyl sites for hydroxylation is 2. The molecule has 0 fully saturated rings. The summed E-state index contributed by atoms with van der Waals surface area (Å²) < 4.78 is 6.46. The molecule has 0 N–H and O–H groups in total. The highest BCUT2D eigenvalue weighted by molar-refractivity contribution is 14.1. The maximum Gasteiger partial charge on any atom is 0.135 e. The smallest absolute Gasteiger partial charge is 0.135 e. The lowest BCUT2D eigenvalue weighted by atomic mass is 10.1. The molecule has 11 heavy (non-hydrogen) atoms. The van der Waals surface area contributed by atoms with Crippen LogP contribution < -0.4 is 4.74 Å². The van der Waals surface area contributed by atoms with E-state index in [1.807, 2.05) is 0 Å². The van der Waals surface area contributed by atoms with Crippen LogP contribution >= 0.6 is 22.6 Å². The molecule has 0 aliphatic heterocycles. The zero-order valence-corrected chi connectivity index (χ0v) is 9.10. The van der Waals surface area contributed by atoms with E-state index in [1.54, 1.807) is 7.11 Å². The van der Waals surface area contributed by atoms with Crippen molar-refractivity contribution in [2.45, 2.75) is 13.8 Å². The molecule has 1 nitrogen and oxygen atoms in total. The Hall–Kier alpha value is -0.250. The molecule has 0 unspecified atom stereocenters. The minimum Gasteiger partial charge on any atom is -0.495 e. The first-order valence-corrected chi connectivity index (χ1v) is 4.54. The first-order chi connectivity index (χ1) is 5.16. The van der Waals surface area contributed by atoms with Crippen LogP contribution in [-0.4, -0.2) is 7.11 Å². The van der Waals surface area contributed by atoms with Crippen molar-refractivity contribution in [1.29, 1.82) is 0 Å². The van der Waals surface area contributed by atoms with E-state index in [9.17, 15) is 0 Å². The maximum absolute atomic E-state index is 5.25. The molecule has 60 valence electrons. The van der Waals surface area contributed by atoms with Crippen molar-refractivity contribution in [1.82, 2.24) is 0 Å². The van der Waals surface area contributed by atoms with Crippen molar-refractivity contribution in [3.05, 3.63) is 26.8 Å². The van der Waals surface area contributed by atoms with E-state index in [2.05, 4.69) is 48.6 Å². The van der Waals surface area contributed by atoms with Crippen LogP contribution in [-0.2, 0) is 0 Å². The lowest BCUT2D eigenvalue weighted by molar-refractivity contribution is 0.408. The van der Waals surface area contributed by atoms with Gasteiger partial charge in [0.2, 0.25) is 0 Å². The van der Waals surface area contributed by atoms with Crippen molar-refractivity contribution in [2.24, 2.45) is 0 Å². The lowest BCUT2D eigenvalue weighted by Crippen LogP contribution is -1.92. The molecule has 0 radical (unpaired) electrons. The van der Waals surface area contributed by atoms with Gasteiger partial charge in [0.1, 0.15) is 5.75 Å². The van der Waals surface area contributed by atoms with Gasteiger partial charge in [-0.15, -0.1) is 0 Å². The second kappa shape index (κ2) is 3.43. The fourth-order valence-electron chi connectivity index (χ4n) is 1.00. The Kier molecular flexibility index (Phi) is 2.76. The summed E-state index contributed by atoms with van der Waals surface area (Å²) in [6, 6.07) is 4.19. The van der Waals surface area contributed by atoms with Gasteiger partial charge in [-0.3, -0.25) is 0 Å². The number of hydrogen-bond donors (Lipinski definition) is 0. The molecule has 0 bridgehead atoms. The maximum atomic E-state index is 5.25. The largest absolute Gasteiger partial charge is 0.495 e. The van der Waals surface area contributed by atoms with Gasteiger partial charge < -0.3 is 4.74 Å². The van der Waals surface area contributed by atoms with Gasteiger partial charge in [-0.2, -0.15) is 0 Å².